The van der Waals surface area contributed by atoms with E-state index >= 15 is 0 Å². The number of benzene rings is 3. The number of nitrogen functional groups attached to an aromatic ring is 1. The fourth-order valence-corrected chi connectivity index (χ4v) is 4.83. The second-order valence-corrected chi connectivity index (χ2v) is 8.38. The summed E-state index contributed by atoms with van der Waals surface area (Å²) in [4.78, 5) is 0. The summed E-state index contributed by atoms with van der Waals surface area (Å²) in [6.45, 7) is 4.40. The molecular formula is C25H27N3. The normalized spacial score (nSPS) is 23.4. The molecule has 0 amide bonds. The van der Waals surface area contributed by atoms with Gasteiger partial charge >= 0.3 is 0 Å². The van der Waals surface area contributed by atoms with E-state index in [1.54, 1.807) is 5.56 Å². The van der Waals surface area contributed by atoms with Crippen molar-refractivity contribution in [1.29, 1.82) is 5.41 Å². The van der Waals surface area contributed by atoms with Crippen LogP contribution in [0, 0.1) is 5.41 Å². The molecular weight excluding hydrogens is 342 g/mol. The van der Waals surface area contributed by atoms with Crippen molar-refractivity contribution in [2.75, 3.05) is 6.54 Å². The summed E-state index contributed by atoms with van der Waals surface area (Å²) in [5.41, 5.74) is 12.4. The van der Waals surface area contributed by atoms with Crippen molar-refractivity contribution in [3.05, 3.63) is 82.4 Å². The van der Waals surface area contributed by atoms with Crippen molar-refractivity contribution in [2.24, 2.45) is 5.73 Å². The van der Waals surface area contributed by atoms with Gasteiger partial charge in [-0.3, -0.25) is 5.41 Å². The van der Waals surface area contributed by atoms with Crippen molar-refractivity contribution in [2.45, 2.75) is 44.1 Å². The van der Waals surface area contributed by atoms with E-state index in [1.807, 2.05) is 12.1 Å². The topological polar surface area (TPSA) is 61.9 Å². The van der Waals surface area contributed by atoms with Gasteiger partial charge in [-0.2, -0.15) is 0 Å². The maximum Gasteiger partial charge on any atom is 0.122 e. The minimum atomic E-state index is 0.126. The van der Waals surface area contributed by atoms with Gasteiger partial charge in [0.15, 0.2) is 0 Å². The molecule has 3 atom stereocenters. The molecule has 1 aliphatic carbocycles. The van der Waals surface area contributed by atoms with Crippen LogP contribution in [0.3, 0.4) is 0 Å². The quantitative estimate of drug-likeness (QED) is 0.448. The van der Waals surface area contributed by atoms with E-state index in [4.69, 9.17) is 11.1 Å². The third-order valence-corrected chi connectivity index (χ3v) is 6.63. The van der Waals surface area contributed by atoms with Crippen LogP contribution in [-0.2, 0) is 6.54 Å². The lowest BCUT2D eigenvalue weighted by atomic mass is 9.87. The van der Waals surface area contributed by atoms with Gasteiger partial charge in [-0.1, -0.05) is 55.5 Å². The number of amidine groups is 1. The van der Waals surface area contributed by atoms with Gasteiger partial charge in [0, 0.05) is 18.7 Å². The second kappa shape index (κ2) is 6.75. The van der Waals surface area contributed by atoms with Crippen molar-refractivity contribution >= 4 is 16.6 Å². The molecule has 3 heteroatoms. The first-order valence-electron chi connectivity index (χ1n) is 10.4. The van der Waals surface area contributed by atoms with Crippen LogP contribution in [0.5, 0.6) is 0 Å². The first-order chi connectivity index (χ1) is 13.6. The van der Waals surface area contributed by atoms with Crippen LogP contribution in [-0.4, -0.2) is 12.4 Å². The number of nitrogens with two attached hydrogens (primary N) is 1. The molecule has 3 unspecified atom stereocenters. The average molecular weight is 370 g/mol. The van der Waals surface area contributed by atoms with Gasteiger partial charge in [-0.25, -0.2) is 0 Å². The van der Waals surface area contributed by atoms with Crippen LogP contribution >= 0.6 is 0 Å². The third kappa shape index (κ3) is 3.00. The molecule has 1 heterocycles. The minimum Gasteiger partial charge on any atom is -0.384 e. The maximum absolute atomic E-state index is 7.62. The standard InChI is InChI=1S/C25H27N3/c1-2-15-13-28-14-21-8-6-19(11-22(15)21)24-12-23(24)18-5-3-17-10-20(25(26)27)7-4-16(17)9-18/h3-11,15,23-24,28H,2,12-14H2,1H3,(H3,26,27). The lowest BCUT2D eigenvalue weighted by Crippen LogP contribution is -2.27. The van der Waals surface area contributed by atoms with E-state index in [-0.39, 0.29) is 5.84 Å². The summed E-state index contributed by atoms with van der Waals surface area (Å²) in [7, 11) is 0. The lowest BCUT2D eigenvalue weighted by Gasteiger charge is -2.26. The van der Waals surface area contributed by atoms with Gasteiger partial charge in [-0.15, -0.1) is 0 Å². The third-order valence-electron chi connectivity index (χ3n) is 6.63. The Morgan fingerprint density at radius 3 is 2.50 bits per heavy atom. The molecule has 28 heavy (non-hydrogen) atoms. The molecule has 0 aromatic heterocycles. The van der Waals surface area contributed by atoms with Gasteiger partial charge in [0.05, 0.1) is 0 Å². The maximum atomic E-state index is 7.62. The zero-order valence-electron chi connectivity index (χ0n) is 16.3. The summed E-state index contributed by atoms with van der Waals surface area (Å²) in [6.07, 6.45) is 2.44. The molecule has 3 nitrogen and oxygen atoms in total. The molecule has 142 valence electrons. The van der Waals surface area contributed by atoms with Gasteiger partial charge in [-0.05, 0) is 69.7 Å². The van der Waals surface area contributed by atoms with E-state index in [9.17, 15) is 0 Å². The van der Waals surface area contributed by atoms with Crippen LogP contribution in [0.2, 0.25) is 0 Å². The second-order valence-electron chi connectivity index (χ2n) is 8.38. The van der Waals surface area contributed by atoms with Crippen LogP contribution in [0.1, 0.15) is 65.3 Å². The van der Waals surface area contributed by atoms with Gasteiger partial charge < -0.3 is 11.1 Å². The summed E-state index contributed by atoms with van der Waals surface area (Å²) < 4.78 is 0. The monoisotopic (exact) mass is 369 g/mol. The Kier molecular flexibility index (Phi) is 4.21. The Labute approximate surface area is 166 Å². The van der Waals surface area contributed by atoms with Crippen molar-refractivity contribution in [3.63, 3.8) is 0 Å². The Balaban J connectivity index is 1.41. The fourth-order valence-electron chi connectivity index (χ4n) is 4.83. The SMILES string of the molecule is CCC1CNCc2ccc(C3CC3c3ccc4cc(C(=N)N)ccc4c3)cc21. The van der Waals surface area contributed by atoms with Crippen molar-refractivity contribution in [3.8, 4) is 0 Å². The van der Waals surface area contributed by atoms with Crippen LogP contribution < -0.4 is 11.1 Å². The number of hydrogen-bond acceptors (Lipinski definition) is 2. The molecule has 2 aliphatic rings. The fraction of sp³-hybridized carbons (Fsp3) is 0.320. The number of nitrogens with one attached hydrogen (secondary N) is 2. The van der Waals surface area contributed by atoms with Gasteiger partial charge in [0.1, 0.15) is 5.84 Å². The molecule has 3 aromatic rings. The molecule has 1 aliphatic heterocycles. The largest absolute Gasteiger partial charge is 0.384 e. The Hall–Kier alpha value is -2.65. The highest BCUT2D eigenvalue weighted by Gasteiger charge is 2.40. The zero-order valence-corrected chi connectivity index (χ0v) is 16.3. The van der Waals surface area contributed by atoms with Crippen LogP contribution in [0.15, 0.2) is 54.6 Å². The molecule has 1 fully saturated rings. The minimum absolute atomic E-state index is 0.126. The number of hydrogen-bond donors (Lipinski definition) is 3. The first-order valence-corrected chi connectivity index (χ1v) is 10.4. The smallest absolute Gasteiger partial charge is 0.122 e. The molecule has 0 spiro atoms. The lowest BCUT2D eigenvalue weighted by molar-refractivity contribution is 0.529. The molecule has 4 N–H and O–H groups in total. The highest BCUT2D eigenvalue weighted by Crippen LogP contribution is 2.55. The summed E-state index contributed by atoms with van der Waals surface area (Å²) in [6, 6.07) is 20.0. The highest BCUT2D eigenvalue weighted by molar-refractivity contribution is 5.99. The zero-order chi connectivity index (χ0) is 19.3. The highest BCUT2D eigenvalue weighted by atomic mass is 14.9. The van der Waals surface area contributed by atoms with E-state index in [1.165, 1.54) is 34.9 Å². The number of fused-ring (bicyclic) bond motifs is 2. The van der Waals surface area contributed by atoms with E-state index < -0.39 is 0 Å². The molecule has 3 aromatic carbocycles. The summed E-state index contributed by atoms with van der Waals surface area (Å²) >= 11 is 0. The molecule has 0 saturated heterocycles. The van der Waals surface area contributed by atoms with E-state index in [0.29, 0.717) is 17.8 Å². The predicted octanol–water partition coefficient (Wildman–Crippen LogP) is 4.99. The molecule has 5 rings (SSSR count). The summed E-state index contributed by atoms with van der Waals surface area (Å²) in [5.74, 6) is 2.04. The molecule has 0 bridgehead atoms. The average Bonchev–Trinajstić information content (AvgIpc) is 3.53. The predicted molar refractivity (Wildman–Crippen MR) is 116 cm³/mol. The Morgan fingerprint density at radius 2 is 1.71 bits per heavy atom. The van der Waals surface area contributed by atoms with E-state index in [0.717, 1.165) is 24.0 Å². The Morgan fingerprint density at radius 1 is 1.00 bits per heavy atom. The van der Waals surface area contributed by atoms with Crippen molar-refractivity contribution < 1.29 is 0 Å². The van der Waals surface area contributed by atoms with Crippen LogP contribution in [0.4, 0.5) is 0 Å². The molecule has 0 radical (unpaired) electrons. The van der Waals surface area contributed by atoms with E-state index in [2.05, 4.69) is 54.7 Å². The van der Waals surface area contributed by atoms with Crippen LogP contribution in [0.25, 0.3) is 10.8 Å². The summed E-state index contributed by atoms with van der Waals surface area (Å²) in [5, 5.41) is 13.6. The van der Waals surface area contributed by atoms with Gasteiger partial charge in [0.2, 0.25) is 0 Å². The number of rotatable bonds is 4. The van der Waals surface area contributed by atoms with Gasteiger partial charge in [0.25, 0.3) is 0 Å². The van der Waals surface area contributed by atoms with Crippen molar-refractivity contribution in [1.82, 2.24) is 5.32 Å². The molecule has 1 saturated carbocycles. The Bertz CT molecular complexity index is 1070. The first kappa shape index (κ1) is 17.4.